The van der Waals surface area contributed by atoms with Crippen LogP contribution in [0.2, 0.25) is 0 Å². The molecular weight excluding hydrogens is 222 g/mol. The molecule has 1 atom stereocenters. The fraction of sp³-hybridized carbons (Fsp3) is 0.375. The van der Waals surface area contributed by atoms with Crippen LogP contribution in [-0.4, -0.2) is 5.54 Å². The van der Waals surface area contributed by atoms with Gasteiger partial charge in [-0.25, -0.2) is 0 Å². The van der Waals surface area contributed by atoms with E-state index in [1.165, 1.54) is 0 Å². The maximum Gasteiger partial charge on any atom is 0.127 e. The lowest BCUT2D eigenvalue weighted by Gasteiger charge is -2.28. The molecule has 1 aromatic carbocycles. The van der Waals surface area contributed by atoms with Crippen LogP contribution in [0.3, 0.4) is 0 Å². The Morgan fingerprint density at radius 2 is 1.89 bits per heavy atom. The molecule has 0 aromatic heterocycles. The van der Waals surface area contributed by atoms with Gasteiger partial charge in [0.15, 0.2) is 0 Å². The van der Waals surface area contributed by atoms with Crippen molar-refractivity contribution in [1.82, 2.24) is 0 Å². The van der Waals surface area contributed by atoms with Gasteiger partial charge >= 0.3 is 0 Å². The van der Waals surface area contributed by atoms with Crippen molar-refractivity contribution in [1.29, 1.82) is 0 Å². The van der Waals surface area contributed by atoms with Crippen molar-refractivity contribution in [3.05, 3.63) is 54.3 Å². The summed E-state index contributed by atoms with van der Waals surface area (Å²) in [5.74, 6) is 2.25. The van der Waals surface area contributed by atoms with Gasteiger partial charge in [0.1, 0.15) is 11.5 Å². The smallest absolute Gasteiger partial charge is 0.127 e. The van der Waals surface area contributed by atoms with E-state index in [9.17, 15) is 0 Å². The number of hydrogen-bond acceptors (Lipinski definition) is 2. The van der Waals surface area contributed by atoms with Crippen LogP contribution < -0.4 is 10.5 Å². The van der Waals surface area contributed by atoms with E-state index in [1.807, 2.05) is 36.4 Å². The lowest BCUT2D eigenvalue weighted by atomic mass is 9.84. The first kappa shape index (κ1) is 12.9. The molecule has 2 N–H and O–H groups in total. The molecule has 18 heavy (non-hydrogen) atoms. The summed E-state index contributed by atoms with van der Waals surface area (Å²) in [6.07, 6.45) is 8.29. The van der Waals surface area contributed by atoms with E-state index in [2.05, 4.69) is 26.0 Å². The molecule has 0 amide bonds. The predicted molar refractivity (Wildman–Crippen MR) is 75.3 cm³/mol. The molecule has 0 spiro atoms. The standard InChI is InChI=1S/C16H21NO/c1-16(2,17)13-7-6-10-15(12-11-13)18-14-8-4-3-5-9-14/h3-6,8-10,12-13H,7,11,17H2,1-2H3. The van der Waals surface area contributed by atoms with Crippen molar-refractivity contribution in [3.8, 4) is 5.75 Å². The van der Waals surface area contributed by atoms with Crippen LogP contribution in [0.4, 0.5) is 0 Å². The van der Waals surface area contributed by atoms with Gasteiger partial charge in [-0.15, -0.1) is 0 Å². The molecule has 0 heterocycles. The van der Waals surface area contributed by atoms with Crippen molar-refractivity contribution in [2.75, 3.05) is 0 Å². The zero-order chi connectivity index (χ0) is 13.0. The number of nitrogens with two attached hydrogens (primary N) is 1. The Bertz CT molecular complexity index is 440. The average Bonchev–Trinajstić information content (AvgIpc) is 2.55. The minimum atomic E-state index is -0.150. The number of benzene rings is 1. The van der Waals surface area contributed by atoms with Gasteiger partial charge in [-0.2, -0.15) is 0 Å². The molecular formula is C16H21NO. The van der Waals surface area contributed by atoms with Gasteiger partial charge in [0, 0.05) is 5.54 Å². The lowest BCUT2D eigenvalue weighted by Crippen LogP contribution is -2.40. The van der Waals surface area contributed by atoms with E-state index >= 15 is 0 Å². The second-order valence-electron chi connectivity index (χ2n) is 5.41. The Morgan fingerprint density at radius 1 is 1.17 bits per heavy atom. The third-order valence-corrected chi connectivity index (χ3v) is 3.34. The molecule has 0 radical (unpaired) electrons. The molecule has 1 unspecified atom stereocenters. The third-order valence-electron chi connectivity index (χ3n) is 3.34. The van der Waals surface area contributed by atoms with E-state index in [0.717, 1.165) is 24.4 Å². The maximum atomic E-state index is 6.17. The Labute approximate surface area is 109 Å². The summed E-state index contributed by atoms with van der Waals surface area (Å²) in [5.41, 5.74) is 6.02. The molecule has 2 heteroatoms. The van der Waals surface area contributed by atoms with Crippen LogP contribution in [-0.2, 0) is 0 Å². The Hall–Kier alpha value is -1.54. The van der Waals surface area contributed by atoms with Crippen LogP contribution >= 0.6 is 0 Å². The minimum Gasteiger partial charge on any atom is -0.458 e. The van der Waals surface area contributed by atoms with E-state index in [-0.39, 0.29) is 5.54 Å². The minimum absolute atomic E-state index is 0.150. The number of rotatable bonds is 3. The highest BCUT2D eigenvalue weighted by molar-refractivity contribution is 5.27. The molecule has 2 rings (SSSR count). The zero-order valence-electron chi connectivity index (χ0n) is 11.1. The summed E-state index contributed by atoms with van der Waals surface area (Å²) in [7, 11) is 0. The van der Waals surface area contributed by atoms with Gasteiger partial charge in [-0.05, 0) is 56.9 Å². The molecule has 0 fully saturated rings. The van der Waals surface area contributed by atoms with Crippen molar-refractivity contribution in [2.24, 2.45) is 11.7 Å². The topological polar surface area (TPSA) is 35.2 Å². The molecule has 0 aliphatic heterocycles. The quantitative estimate of drug-likeness (QED) is 0.879. The summed E-state index contributed by atoms with van der Waals surface area (Å²) in [6, 6.07) is 9.86. The van der Waals surface area contributed by atoms with Gasteiger partial charge < -0.3 is 10.5 Å². The van der Waals surface area contributed by atoms with E-state index in [4.69, 9.17) is 10.5 Å². The summed E-state index contributed by atoms with van der Waals surface area (Å²) in [6.45, 7) is 4.17. The average molecular weight is 243 g/mol. The first-order valence-electron chi connectivity index (χ1n) is 6.44. The van der Waals surface area contributed by atoms with Gasteiger partial charge in [0.2, 0.25) is 0 Å². The van der Waals surface area contributed by atoms with Crippen LogP contribution in [0, 0.1) is 5.92 Å². The van der Waals surface area contributed by atoms with Crippen molar-refractivity contribution in [2.45, 2.75) is 32.2 Å². The van der Waals surface area contributed by atoms with Crippen LogP contribution in [0.5, 0.6) is 5.75 Å². The van der Waals surface area contributed by atoms with Gasteiger partial charge in [0.25, 0.3) is 0 Å². The van der Waals surface area contributed by atoms with Crippen molar-refractivity contribution in [3.63, 3.8) is 0 Å². The second-order valence-corrected chi connectivity index (χ2v) is 5.41. The maximum absolute atomic E-state index is 6.17. The summed E-state index contributed by atoms with van der Waals surface area (Å²) >= 11 is 0. The van der Waals surface area contributed by atoms with Gasteiger partial charge in [0.05, 0.1) is 0 Å². The highest BCUT2D eigenvalue weighted by Gasteiger charge is 2.24. The molecule has 1 aliphatic carbocycles. The van der Waals surface area contributed by atoms with E-state index in [0.29, 0.717) is 5.92 Å². The molecule has 0 bridgehead atoms. The molecule has 1 aromatic rings. The summed E-state index contributed by atoms with van der Waals surface area (Å²) < 4.78 is 5.83. The van der Waals surface area contributed by atoms with Crippen molar-refractivity contribution < 1.29 is 4.74 Å². The fourth-order valence-electron chi connectivity index (χ4n) is 2.08. The van der Waals surface area contributed by atoms with E-state index in [1.54, 1.807) is 0 Å². The Morgan fingerprint density at radius 3 is 2.56 bits per heavy atom. The van der Waals surface area contributed by atoms with Gasteiger partial charge in [-0.3, -0.25) is 0 Å². The lowest BCUT2D eigenvalue weighted by molar-refractivity contribution is 0.324. The molecule has 1 aliphatic rings. The molecule has 96 valence electrons. The number of para-hydroxylation sites is 1. The SMILES string of the molecule is CC(C)(N)C1CC=CC(Oc2ccccc2)=CC1. The molecule has 2 nitrogen and oxygen atoms in total. The van der Waals surface area contributed by atoms with E-state index < -0.39 is 0 Å². The number of allylic oxidation sites excluding steroid dienone is 3. The highest BCUT2D eigenvalue weighted by Crippen LogP contribution is 2.26. The first-order valence-corrected chi connectivity index (χ1v) is 6.44. The third kappa shape index (κ3) is 3.47. The predicted octanol–water partition coefficient (Wildman–Crippen LogP) is 3.65. The number of hydrogen-bond donors (Lipinski definition) is 1. The monoisotopic (exact) mass is 243 g/mol. The van der Waals surface area contributed by atoms with Crippen LogP contribution in [0.15, 0.2) is 54.3 Å². The highest BCUT2D eigenvalue weighted by atomic mass is 16.5. The van der Waals surface area contributed by atoms with Crippen LogP contribution in [0.25, 0.3) is 0 Å². The fourth-order valence-corrected chi connectivity index (χ4v) is 2.08. The van der Waals surface area contributed by atoms with Crippen LogP contribution in [0.1, 0.15) is 26.7 Å². The molecule has 0 saturated carbocycles. The summed E-state index contributed by atoms with van der Waals surface area (Å²) in [5, 5.41) is 0. The zero-order valence-corrected chi connectivity index (χ0v) is 11.1. The largest absolute Gasteiger partial charge is 0.458 e. The second kappa shape index (κ2) is 5.40. The van der Waals surface area contributed by atoms with Gasteiger partial charge in [-0.1, -0.05) is 24.3 Å². The first-order chi connectivity index (χ1) is 8.55. The molecule has 0 saturated heterocycles. The Balaban J connectivity index is 2.05. The number of ether oxygens (including phenoxy) is 1. The van der Waals surface area contributed by atoms with Crippen molar-refractivity contribution >= 4 is 0 Å². The summed E-state index contributed by atoms with van der Waals surface area (Å²) in [4.78, 5) is 0. The normalized spacial score (nSPS) is 20.2. The Kier molecular flexibility index (Phi) is 3.87.